The van der Waals surface area contributed by atoms with Gasteiger partial charge in [0, 0.05) is 17.2 Å². The van der Waals surface area contributed by atoms with Crippen molar-refractivity contribution >= 4 is 24.0 Å². The first-order valence-electron chi connectivity index (χ1n) is 5.95. The third-order valence-corrected chi connectivity index (χ3v) is 2.87. The Labute approximate surface area is 125 Å². The van der Waals surface area contributed by atoms with Gasteiger partial charge in [-0.1, -0.05) is 23.7 Å². The maximum Gasteiger partial charge on any atom is 0.138 e. The molecule has 2 aromatic carbocycles. The van der Waals surface area contributed by atoms with Gasteiger partial charge in [0.05, 0.1) is 25.1 Å². The Morgan fingerprint density at radius 2 is 1.57 bits per heavy atom. The van der Waals surface area contributed by atoms with E-state index in [1.165, 1.54) is 13.3 Å². The molecule has 0 aliphatic rings. The highest BCUT2D eigenvalue weighted by Crippen LogP contribution is 2.19. The molecule has 0 heterocycles. The van der Waals surface area contributed by atoms with Crippen molar-refractivity contribution in [1.29, 1.82) is 0 Å². The van der Waals surface area contributed by atoms with Crippen LogP contribution in [-0.4, -0.2) is 19.5 Å². The summed E-state index contributed by atoms with van der Waals surface area (Å²) >= 11 is 5.74. The fourth-order valence-electron chi connectivity index (χ4n) is 1.54. The van der Waals surface area contributed by atoms with Crippen LogP contribution >= 0.6 is 11.6 Å². The summed E-state index contributed by atoms with van der Waals surface area (Å²) in [4.78, 5) is 0. The molecule has 0 saturated heterocycles. The van der Waals surface area contributed by atoms with Crippen molar-refractivity contribution in [1.82, 2.24) is 0 Å². The van der Waals surface area contributed by atoms with E-state index in [0.29, 0.717) is 5.02 Å². The lowest BCUT2D eigenvalue weighted by atomic mass is 10.2. The number of methoxy groups -OCH3 is 1. The second kappa shape index (κ2) is 6.95. The largest absolute Gasteiger partial charge is 0.497 e. The lowest BCUT2D eigenvalue weighted by molar-refractivity contribution is 0.406. The number of hydrogen-bond donors (Lipinski definition) is 0. The Morgan fingerprint density at radius 1 is 1.00 bits per heavy atom. The molecule has 0 bridgehead atoms. The zero-order valence-corrected chi connectivity index (χ0v) is 11.8. The van der Waals surface area contributed by atoms with Gasteiger partial charge in [-0.15, -0.1) is 0 Å². The van der Waals surface area contributed by atoms with E-state index in [2.05, 4.69) is 10.2 Å². The van der Waals surface area contributed by atoms with Crippen molar-refractivity contribution in [2.75, 3.05) is 7.11 Å². The van der Waals surface area contributed by atoms with E-state index in [1.54, 1.807) is 24.3 Å². The normalized spacial score (nSPS) is 11.4. The molecule has 6 heteroatoms. The summed E-state index contributed by atoms with van der Waals surface area (Å²) in [6, 6.07) is 9.05. The van der Waals surface area contributed by atoms with Crippen LogP contribution in [0.5, 0.6) is 5.75 Å². The van der Waals surface area contributed by atoms with E-state index in [1.807, 2.05) is 0 Å². The second-order valence-electron chi connectivity index (χ2n) is 4.05. The molecule has 0 amide bonds. The van der Waals surface area contributed by atoms with Crippen molar-refractivity contribution in [3.63, 3.8) is 0 Å². The van der Waals surface area contributed by atoms with Gasteiger partial charge < -0.3 is 4.74 Å². The average Bonchev–Trinajstić information content (AvgIpc) is 2.47. The molecule has 21 heavy (non-hydrogen) atoms. The molecule has 2 aromatic rings. The number of nitrogens with zero attached hydrogens (tertiary/aromatic N) is 2. The average molecular weight is 309 g/mol. The van der Waals surface area contributed by atoms with Crippen LogP contribution in [0, 0.1) is 11.6 Å². The number of halogens is 3. The van der Waals surface area contributed by atoms with Crippen molar-refractivity contribution in [3.8, 4) is 5.75 Å². The van der Waals surface area contributed by atoms with Crippen molar-refractivity contribution in [3.05, 3.63) is 64.2 Å². The highest BCUT2D eigenvalue weighted by Gasteiger charge is 2.09. The van der Waals surface area contributed by atoms with Gasteiger partial charge in [-0.2, -0.15) is 10.2 Å². The molecule has 0 N–H and O–H groups in total. The molecule has 108 valence electrons. The minimum absolute atomic E-state index is 0.104. The molecule has 0 aliphatic carbocycles. The summed E-state index contributed by atoms with van der Waals surface area (Å²) in [5, 5.41) is 7.96. The zero-order valence-electron chi connectivity index (χ0n) is 11.1. The van der Waals surface area contributed by atoms with Gasteiger partial charge in [0.15, 0.2) is 0 Å². The van der Waals surface area contributed by atoms with E-state index in [4.69, 9.17) is 16.3 Å². The summed E-state index contributed by atoms with van der Waals surface area (Å²) in [6.07, 6.45) is 2.46. The molecule has 2 rings (SSSR count). The molecule has 0 aliphatic heterocycles. The molecule has 0 unspecified atom stereocenters. The van der Waals surface area contributed by atoms with Gasteiger partial charge in [-0.25, -0.2) is 8.78 Å². The Balaban J connectivity index is 2.13. The van der Waals surface area contributed by atoms with E-state index in [0.717, 1.165) is 23.9 Å². The van der Waals surface area contributed by atoms with Crippen LogP contribution in [0.4, 0.5) is 8.78 Å². The Morgan fingerprint density at radius 3 is 2.14 bits per heavy atom. The number of hydrogen-bond acceptors (Lipinski definition) is 3. The standard InChI is InChI=1S/C15H11ClF2N2O/c1-21-12-6-14(17)13(15(18)7-12)9-20-19-8-10-2-4-11(16)5-3-10/h2-9H,1H3. The predicted molar refractivity (Wildman–Crippen MR) is 79.6 cm³/mol. The third kappa shape index (κ3) is 4.10. The Kier molecular flexibility index (Phi) is 5.00. The second-order valence-corrected chi connectivity index (χ2v) is 4.48. The fraction of sp³-hybridized carbons (Fsp3) is 0.0667. The zero-order chi connectivity index (χ0) is 15.2. The molecular weight excluding hydrogens is 298 g/mol. The smallest absolute Gasteiger partial charge is 0.138 e. The van der Waals surface area contributed by atoms with Gasteiger partial charge in [0.2, 0.25) is 0 Å². The van der Waals surface area contributed by atoms with Crippen LogP contribution in [-0.2, 0) is 0 Å². The summed E-state index contributed by atoms with van der Waals surface area (Å²) in [7, 11) is 1.33. The molecule has 3 nitrogen and oxygen atoms in total. The number of benzene rings is 2. The minimum Gasteiger partial charge on any atom is -0.497 e. The first-order valence-corrected chi connectivity index (χ1v) is 6.33. The summed E-state index contributed by atoms with van der Waals surface area (Å²) in [6.45, 7) is 0. The van der Waals surface area contributed by atoms with Crippen LogP contribution in [0.25, 0.3) is 0 Å². The number of ether oxygens (including phenoxy) is 1. The monoisotopic (exact) mass is 308 g/mol. The maximum atomic E-state index is 13.6. The Hall–Kier alpha value is -2.27. The molecule has 0 spiro atoms. The van der Waals surface area contributed by atoms with Gasteiger partial charge >= 0.3 is 0 Å². The molecule has 0 radical (unpaired) electrons. The molecule has 0 atom stereocenters. The SMILES string of the molecule is COc1cc(F)c(C=NN=Cc2ccc(Cl)cc2)c(F)c1. The van der Waals surface area contributed by atoms with Crippen LogP contribution in [0.2, 0.25) is 5.02 Å². The number of rotatable bonds is 4. The minimum atomic E-state index is -0.766. The van der Waals surface area contributed by atoms with E-state index in [9.17, 15) is 8.78 Å². The van der Waals surface area contributed by atoms with Crippen LogP contribution < -0.4 is 4.74 Å². The van der Waals surface area contributed by atoms with Crippen LogP contribution in [0.1, 0.15) is 11.1 Å². The van der Waals surface area contributed by atoms with Crippen molar-refractivity contribution in [2.45, 2.75) is 0 Å². The Bertz CT molecular complexity index is 662. The predicted octanol–water partition coefficient (Wildman–Crippen LogP) is 4.08. The first-order chi connectivity index (χ1) is 10.1. The maximum absolute atomic E-state index is 13.6. The van der Waals surface area contributed by atoms with E-state index < -0.39 is 11.6 Å². The van der Waals surface area contributed by atoms with Gasteiger partial charge in [0.25, 0.3) is 0 Å². The lowest BCUT2D eigenvalue weighted by Gasteiger charge is -2.02. The fourth-order valence-corrected chi connectivity index (χ4v) is 1.67. The first kappa shape index (κ1) is 15.1. The van der Waals surface area contributed by atoms with E-state index >= 15 is 0 Å². The van der Waals surface area contributed by atoms with Gasteiger partial charge in [-0.05, 0) is 17.7 Å². The van der Waals surface area contributed by atoms with E-state index in [-0.39, 0.29) is 11.3 Å². The van der Waals surface area contributed by atoms with Crippen LogP contribution in [0.3, 0.4) is 0 Å². The van der Waals surface area contributed by atoms with Crippen molar-refractivity contribution in [2.24, 2.45) is 10.2 Å². The van der Waals surface area contributed by atoms with Gasteiger partial charge in [-0.3, -0.25) is 0 Å². The molecule has 0 aromatic heterocycles. The third-order valence-electron chi connectivity index (χ3n) is 2.62. The summed E-state index contributed by atoms with van der Waals surface area (Å²) in [5.74, 6) is -1.43. The molecular formula is C15H11ClF2N2O. The quantitative estimate of drug-likeness (QED) is 0.619. The summed E-state index contributed by atoms with van der Waals surface area (Å²) in [5.41, 5.74) is 0.497. The summed E-state index contributed by atoms with van der Waals surface area (Å²) < 4.78 is 32.0. The van der Waals surface area contributed by atoms with Crippen LogP contribution in [0.15, 0.2) is 46.6 Å². The lowest BCUT2D eigenvalue weighted by Crippen LogP contribution is -1.96. The van der Waals surface area contributed by atoms with Crippen molar-refractivity contribution < 1.29 is 13.5 Å². The molecule has 0 fully saturated rings. The highest BCUT2D eigenvalue weighted by atomic mass is 35.5. The topological polar surface area (TPSA) is 34.0 Å². The highest BCUT2D eigenvalue weighted by molar-refractivity contribution is 6.30. The molecule has 0 saturated carbocycles. The van der Waals surface area contributed by atoms with Gasteiger partial charge in [0.1, 0.15) is 17.4 Å².